The number of nitrogens with zero attached hydrogens (tertiary/aromatic N) is 2. The smallest absolute Gasteiger partial charge is 0.0959 e. The van der Waals surface area contributed by atoms with Crippen LogP contribution < -0.4 is 0 Å². The second-order valence-corrected chi connectivity index (χ2v) is 3.32. The molecule has 0 atom stereocenters. The van der Waals surface area contributed by atoms with E-state index in [1.807, 2.05) is 19.1 Å². The summed E-state index contributed by atoms with van der Waals surface area (Å²) < 4.78 is 0. The normalized spacial score (nSPS) is 18.0. The number of fused-ring (bicyclic) bond motifs is 1. The summed E-state index contributed by atoms with van der Waals surface area (Å²) in [6, 6.07) is 3.98. The molecule has 0 saturated carbocycles. The van der Waals surface area contributed by atoms with E-state index in [2.05, 4.69) is 22.6 Å². The Bertz CT molecular complexity index is 453. The quantitative estimate of drug-likeness (QED) is 0.608. The molecule has 0 fully saturated rings. The molecule has 70 valence electrons. The minimum Gasteiger partial charge on any atom is -0.286 e. The van der Waals surface area contributed by atoms with Crippen LogP contribution in [0.4, 0.5) is 0 Å². The summed E-state index contributed by atoms with van der Waals surface area (Å²) in [6.07, 6.45) is 3.88. The van der Waals surface area contributed by atoms with Crippen LogP contribution >= 0.6 is 0 Å². The van der Waals surface area contributed by atoms with Crippen molar-refractivity contribution >= 4 is 11.8 Å². The largest absolute Gasteiger partial charge is 0.286 e. The van der Waals surface area contributed by atoms with E-state index in [0.29, 0.717) is 0 Å². The van der Waals surface area contributed by atoms with Crippen molar-refractivity contribution in [3.8, 4) is 0 Å². The third-order valence-corrected chi connectivity index (χ3v) is 2.42. The van der Waals surface area contributed by atoms with Crippen LogP contribution in [0.15, 0.2) is 41.0 Å². The van der Waals surface area contributed by atoms with Crippen molar-refractivity contribution in [1.29, 1.82) is 0 Å². The number of hydrogen-bond donors (Lipinski definition) is 0. The molecule has 1 heterocycles. The van der Waals surface area contributed by atoms with Crippen LogP contribution in [0.5, 0.6) is 0 Å². The first-order chi connectivity index (χ1) is 6.74. The average molecular weight is 184 g/mol. The Morgan fingerprint density at radius 2 is 2.21 bits per heavy atom. The number of hydrogen-bond acceptors (Lipinski definition) is 2. The highest BCUT2D eigenvalue weighted by molar-refractivity contribution is 6.18. The van der Waals surface area contributed by atoms with E-state index in [1.54, 1.807) is 13.2 Å². The lowest BCUT2D eigenvalue weighted by Crippen LogP contribution is -2.13. The number of pyridine rings is 1. The van der Waals surface area contributed by atoms with Gasteiger partial charge in [0.25, 0.3) is 0 Å². The zero-order valence-corrected chi connectivity index (χ0v) is 8.41. The van der Waals surface area contributed by atoms with Gasteiger partial charge >= 0.3 is 0 Å². The number of aromatic nitrogens is 1. The van der Waals surface area contributed by atoms with Gasteiger partial charge in [-0.15, -0.1) is 0 Å². The molecule has 1 aromatic rings. The summed E-state index contributed by atoms with van der Waals surface area (Å²) >= 11 is 0. The van der Waals surface area contributed by atoms with Gasteiger partial charge in [0.15, 0.2) is 0 Å². The van der Waals surface area contributed by atoms with Gasteiger partial charge in [0, 0.05) is 18.8 Å². The predicted octanol–water partition coefficient (Wildman–Crippen LogP) is 2.47. The van der Waals surface area contributed by atoms with Crippen molar-refractivity contribution in [3.63, 3.8) is 0 Å². The van der Waals surface area contributed by atoms with Crippen molar-refractivity contribution in [2.45, 2.75) is 6.92 Å². The lowest BCUT2D eigenvalue weighted by molar-refractivity contribution is 1.24. The van der Waals surface area contributed by atoms with Crippen molar-refractivity contribution in [3.05, 3.63) is 47.3 Å². The van der Waals surface area contributed by atoms with Crippen LogP contribution in [0.1, 0.15) is 18.2 Å². The van der Waals surface area contributed by atoms with E-state index in [9.17, 15) is 0 Å². The molecule has 14 heavy (non-hydrogen) atoms. The second kappa shape index (κ2) is 3.22. The average Bonchev–Trinajstić information content (AvgIpc) is 2.20. The zero-order chi connectivity index (χ0) is 10.1. The van der Waals surface area contributed by atoms with Gasteiger partial charge in [-0.05, 0) is 30.2 Å². The summed E-state index contributed by atoms with van der Waals surface area (Å²) in [5, 5.41) is 0. The van der Waals surface area contributed by atoms with Gasteiger partial charge in [0.1, 0.15) is 0 Å². The fraction of sp³-hybridized carbons (Fsp3) is 0.167. The Morgan fingerprint density at radius 3 is 2.93 bits per heavy atom. The topological polar surface area (TPSA) is 25.2 Å². The number of rotatable bonds is 0. The Labute approximate surface area is 83.7 Å². The molecule has 1 aromatic heterocycles. The number of allylic oxidation sites excluding steroid dienone is 2. The van der Waals surface area contributed by atoms with E-state index >= 15 is 0 Å². The van der Waals surface area contributed by atoms with Gasteiger partial charge in [0.05, 0.1) is 11.4 Å². The first kappa shape index (κ1) is 8.88. The number of aliphatic imine (C=N–C) groups is 1. The SMILES string of the molecule is C=C1C(C)=Cc2cccnc2C1=NC. The molecule has 0 saturated heterocycles. The van der Waals surface area contributed by atoms with E-state index in [0.717, 1.165) is 28.1 Å². The minimum atomic E-state index is 0.903. The summed E-state index contributed by atoms with van der Waals surface area (Å²) in [5.74, 6) is 0. The zero-order valence-electron chi connectivity index (χ0n) is 8.41. The first-order valence-electron chi connectivity index (χ1n) is 4.54. The standard InChI is InChI=1S/C12H12N2/c1-8-7-10-5-4-6-14-12(10)11(13-3)9(8)2/h4-7H,2H2,1,3H3. The maximum atomic E-state index is 4.32. The van der Waals surface area contributed by atoms with E-state index in [4.69, 9.17) is 0 Å². The molecule has 1 aliphatic rings. The predicted molar refractivity (Wildman–Crippen MR) is 59.5 cm³/mol. The molecule has 0 radical (unpaired) electrons. The first-order valence-corrected chi connectivity index (χ1v) is 4.54. The summed E-state index contributed by atoms with van der Waals surface area (Å²) in [7, 11) is 1.78. The van der Waals surface area contributed by atoms with Crippen LogP contribution in [0.3, 0.4) is 0 Å². The summed E-state index contributed by atoms with van der Waals surface area (Å²) in [5.41, 5.74) is 5.09. The van der Waals surface area contributed by atoms with Crippen LogP contribution in [-0.4, -0.2) is 17.7 Å². The maximum Gasteiger partial charge on any atom is 0.0959 e. The van der Waals surface area contributed by atoms with Gasteiger partial charge in [0.2, 0.25) is 0 Å². The molecule has 2 rings (SSSR count). The lowest BCUT2D eigenvalue weighted by atomic mass is 9.91. The molecule has 0 amide bonds. The highest BCUT2D eigenvalue weighted by Crippen LogP contribution is 2.25. The van der Waals surface area contributed by atoms with Gasteiger partial charge in [-0.3, -0.25) is 9.98 Å². The van der Waals surface area contributed by atoms with Crippen LogP contribution in [-0.2, 0) is 0 Å². The Balaban J connectivity index is 2.71. The Kier molecular flexibility index (Phi) is 2.04. The molecule has 1 aliphatic carbocycles. The highest BCUT2D eigenvalue weighted by Gasteiger charge is 2.18. The summed E-state index contributed by atoms with van der Waals surface area (Å²) in [4.78, 5) is 8.55. The third-order valence-electron chi connectivity index (χ3n) is 2.42. The fourth-order valence-electron chi connectivity index (χ4n) is 1.62. The molecular weight excluding hydrogens is 172 g/mol. The maximum absolute atomic E-state index is 4.32. The molecule has 0 bridgehead atoms. The van der Waals surface area contributed by atoms with E-state index in [-0.39, 0.29) is 0 Å². The van der Waals surface area contributed by atoms with Gasteiger partial charge in [-0.1, -0.05) is 12.6 Å². The van der Waals surface area contributed by atoms with Crippen LogP contribution in [0.25, 0.3) is 6.08 Å². The van der Waals surface area contributed by atoms with Crippen LogP contribution in [0, 0.1) is 0 Å². The van der Waals surface area contributed by atoms with E-state index < -0.39 is 0 Å². The lowest BCUT2D eigenvalue weighted by Gasteiger charge is -2.17. The molecule has 0 aromatic carbocycles. The molecular formula is C12H12N2. The fourth-order valence-corrected chi connectivity index (χ4v) is 1.62. The molecule has 2 heteroatoms. The third kappa shape index (κ3) is 1.20. The molecule has 0 aliphatic heterocycles. The molecule has 0 spiro atoms. The molecule has 2 nitrogen and oxygen atoms in total. The minimum absolute atomic E-state index is 0.903. The van der Waals surface area contributed by atoms with Gasteiger partial charge in [-0.2, -0.15) is 0 Å². The van der Waals surface area contributed by atoms with E-state index in [1.165, 1.54) is 0 Å². The van der Waals surface area contributed by atoms with Crippen molar-refractivity contribution < 1.29 is 0 Å². The Hall–Kier alpha value is -1.70. The van der Waals surface area contributed by atoms with Crippen molar-refractivity contribution in [2.24, 2.45) is 4.99 Å². The van der Waals surface area contributed by atoms with Gasteiger partial charge < -0.3 is 0 Å². The second-order valence-electron chi connectivity index (χ2n) is 3.32. The summed E-state index contributed by atoms with van der Waals surface area (Å²) in [6.45, 7) is 6.05. The molecule has 0 unspecified atom stereocenters. The Morgan fingerprint density at radius 1 is 1.43 bits per heavy atom. The monoisotopic (exact) mass is 184 g/mol. The highest BCUT2D eigenvalue weighted by atomic mass is 14.8. The van der Waals surface area contributed by atoms with Crippen molar-refractivity contribution in [1.82, 2.24) is 4.98 Å². The van der Waals surface area contributed by atoms with Gasteiger partial charge in [-0.25, -0.2) is 0 Å². The van der Waals surface area contributed by atoms with Crippen molar-refractivity contribution in [2.75, 3.05) is 7.05 Å². The van der Waals surface area contributed by atoms with Crippen LogP contribution in [0.2, 0.25) is 0 Å². The molecule has 0 N–H and O–H groups in total.